The number of carbonyl (C=O) groups is 2. The number of hydrogen-bond acceptors (Lipinski definition) is 5. The van der Waals surface area contributed by atoms with Crippen LogP contribution < -0.4 is 10.6 Å². The van der Waals surface area contributed by atoms with E-state index < -0.39 is 11.7 Å². The van der Waals surface area contributed by atoms with Crippen molar-refractivity contribution in [3.63, 3.8) is 0 Å². The molecule has 1 saturated heterocycles. The quantitative estimate of drug-likeness (QED) is 0.868. The average molecular weight is 346 g/mol. The maximum absolute atomic E-state index is 11.7. The zero-order valence-electron chi connectivity index (χ0n) is 14.6. The molecule has 0 bridgehead atoms. The van der Waals surface area contributed by atoms with Crippen molar-refractivity contribution in [2.75, 3.05) is 13.1 Å². The third-order valence-electron chi connectivity index (χ3n) is 3.56. The number of aromatic nitrogens is 3. The Bertz CT molecular complexity index is 795. The van der Waals surface area contributed by atoms with Gasteiger partial charge in [-0.1, -0.05) is 0 Å². The number of imidazole rings is 1. The van der Waals surface area contributed by atoms with Gasteiger partial charge in [0.05, 0.1) is 24.6 Å². The van der Waals surface area contributed by atoms with E-state index in [1.165, 1.54) is 0 Å². The van der Waals surface area contributed by atoms with Crippen molar-refractivity contribution in [3.05, 3.63) is 29.7 Å². The minimum atomic E-state index is -0.540. The molecule has 0 aromatic carbocycles. The van der Waals surface area contributed by atoms with Crippen LogP contribution in [0.2, 0.25) is 0 Å². The lowest BCUT2D eigenvalue weighted by Gasteiger charge is -2.19. The highest BCUT2D eigenvalue weighted by Crippen LogP contribution is 2.11. The Kier molecular flexibility index (Phi) is 4.47. The van der Waals surface area contributed by atoms with Gasteiger partial charge in [0.2, 0.25) is 0 Å². The fourth-order valence-electron chi connectivity index (χ4n) is 2.50. The number of fused-ring (bicyclic) bond motifs is 1. The number of nitrogens with zero attached hydrogens (tertiary/aromatic N) is 4. The Morgan fingerprint density at radius 1 is 1.44 bits per heavy atom. The third kappa shape index (κ3) is 4.37. The molecule has 0 radical (unpaired) electrons. The number of nitrogens with one attached hydrogen (secondary N) is 2. The summed E-state index contributed by atoms with van der Waals surface area (Å²) in [5.41, 5.74) is 1.70. The maximum Gasteiger partial charge on any atom is 0.407 e. The van der Waals surface area contributed by atoms with Crippen molar-refractivity contribution in [1.29, 1.82) is 0 Å². The highest BCUT2D eigenvalue weighted by atomic mass is 16.6. The highest BCUT2D eigenvalue weighted by Gasteiger charge is 2.20. The zero-order valence-corrected chi connectivity index (χ0v) is 14.6. The zero-order chi connectivity index (χ0) is 18.0. The third-order valence-corrected chi connectivity index (χ3v) is 3.56. The summed E-state index contributed by atoms with van der Waals surface area (Å²) < 4.78 is 6.83. The van der Waals surface area contributed by atoms with Gasteiger partial charge >= 0.3 is 12.1 Å². The van der Waals surface area contributed by atoms with Crippen LogP contribution in [0.3, 0.4) is 0 Å². The van der Waals surface area contributed by atoms with E-state index in [0.717, 1.165) is 5.56 Å². The lowest BCUT2D eigenvalue weighted by atomic mass is 10.2. The Morgan fingerprint density at radius 3 is 2.92 bits per heavy atom. The molecule has 0 aliphatic carbocycles. The van der Waals surface area contributed by atoms with Gasteiger partial charge < -0.3 is 20.3 Å². The normalized spacial score (nSPS) is 14.7. The lowest BCUT2D eigenvalue weighted by molar-refractivity contribution is 0.0523. The molecule has 0 saturated carbocycles. The topological polar surface area (TPSA) is 101 Å². The molecule has 3 rings (SSSR count). The number of rotatable bonds is 4. The monoisotopic (exact) mass is 346 g/mol. The minimum Gasteiger partial charge on any atom is -0.444 e. The van der Waals surface area contributed by atoms with Crippen LogP contribution in [0.15, 0.2) is 18.5 Å². The summed E-state index contributed by atoms with van der Waals surface area (Å²) in [6.45, 7) is 7.52. The Morgan fingerprint density at radius 2 is 2.24 bits per heavy atom. The summed E-state index contributed by atoms with van der Waals surface area (Å²) in [6.07, 6.45) is 2.97. The van der Waals surface area contributed by atoms with Gasteiger partial charge in [0.1, 0.15) is 5.60 Å². The number of carbonyl (C=O) groups excluding carboxylic acids is 2. The van der Waals surface area contributed by atoms with Crippen molar-refractivity contribution in [1.82, 2.24) is 30.1 Å². The molecule has 0 unspecified atom stereocenters. The van der Waals surface area contributed by atoms with E-state index in [2.05, 4.69) is 20.7 Å². The first-order valence-corrected chi connectivity index (χ1v) is 8.13. The summed E-state index contributed by atoms with van der Waals surface area (Å²) in [5, 5.41) is 9.75. The van der Waals surface area contributed by atoms with Crippen molar-refractivity contribution in [2.24, 2.45) is 0 Å². The molecule has 2 aromatic rings. The minimum absolute atomic E-state index is 0.0644. The molecule has 25 heavy (non-hydrogen) atoms. The van der Waals surface area contributed by atoms with E-state index in [4.69, 9.17) is 4.74 Å². The predicted octanol–water partition coefficient (Wildman–Crippen LogP) is 1.28. The van der Waals surface area contributed by atoms with Crippen LogP contribution in [-0.2, 0) is 17.8 Å². The molecule has 0 spiro atoms. The molecule has 134 valence electrons. The highest BCUT2D eigenvalue weighted by molar-refractivity contribution is 5.76. The van der Waals surface area contributed by atoms with Crippen LogP contribution in [-0.4, -0.2) is 50.3 Å². The summed E-state index contributed by atoms with van der Waals surface area (Å²) >= 11 is 0. The number of alkyl carbamates (subject to hydrolysis) is 1. The van der Waals surface area contributed by atoms with Crippen LogP contribution in [0.4, 0.5) is 9.59 Å². The summed E-state index contributed by atoms with van der Waals surface area (Å²) in [4.78, 5) is 29.5. The number of urea groups is 1. The smallest absolute Gasteiger partial charge is 0.407 e. The molecule has 1 aliphatic heterocycles. The van der Waals surface area contributed by atoms with Crippen LogP contribution in [0.5, 0.6) is 0 Å². The second kappa shape index (κ2) is 6.58. The Balaban J connectivity index is 1.64. The van der Waals surface area contributed by atoms with Crippen molar-refractivity contribution in [3.8, 4) is 0 Å². The fourth-order valence-corrected chi connectivity index (χ4v) is 2.50. The lowest BCUT2D eigenvalue weighted by Crippen LogP contribution is -2.32. The van der Waals surface area contributed by atoms with Gasteiger partial charge in [-0.15, -0.1) is 0 Å². The van der Waals surface area contributed by atoms with Gasteiger partial charge in [0.15, 0.2) is 5.65 Å². The Hall–Kier alpha value is -2.84. The molecular weight excluding hydrogens is 324 g/mol. The molecule has 3 amide bonds. The number of ether oxygens (including phenoxy) is 1. The first kappa shape index (κ1) is 17.0. The molecule has 2 N–H and O–H groups in total. The van der Waals surface area contributed by atoms with Crippen LogP contribution >= 0.6 is 0 Å². The van der Waals surface area contributed by atoms with Gasteiger partial charge in [-0.3, -0.25) is 0 Å². The predicted molar refractivity (Wildman–Crippen MR) is 89.9 cm³/mol. The molecule has 9 heteroatoms. The molecular formula is C16H22N6O3. The number of amides is 3. The van der Waals surface area contributed by atoms with Gasteiger partial charge in [-0.25, -0.2) is 19.1 Å². The van der Waals surface area contributed by atoms with E-state index >= 15 is 0 Å². The molecule has 1 fully saturated rings. The molecule has 1 aliphatic rings. The standard InChI is InChI=1S/C16H22N6O3/c1-16(2,3)25-15(24)18-8-12-10-22-13(20-12)6-11(7-19-22)9-21-5-4-17-14(21)23/h6-7,10H,4-5,8-9H2,1-3H3,(H,17,23)(H,18,24). The first-order valence-electron chi connectivity index (χ1n) is 8.13. The van der Waals surface area contributed by atoms with Crippen LogP contribution in [0.25, 0.3) is 5.65 Å². The molecule has 3 heterocycles. The Labute approximate surface area is 145 Å². The largest absolute Gasteiger partial charge is 0.444 e. The summed E-state index contributed by atoms with van der Waals surface area (Å²) in [7, 11) is 0. The van der Waals surface area contributed by atoms with Crippen molar-refractivity contribution in [2.45, 2.75) is 39.5 Å². The van der Waals surface area contributed by atoms with Crippen molar-refractivity contribution >= 4 is 17.8 Å². The fraction of sp³-hybridized carbons (Fsp3) is 0.500. The van der Waals surface area contributed by atoms with Crippen molar-refractivity contribution < 1.29 is 14.3 Å². The van der Waals surface area contributed by atoms with Gasteiger partial charge in [-0.2, -0.15) is 5.10 Å². The summed E-state index contributed by atoms with van der Waals surface area (Å²) in [5.74, 6) is 0. The average Bonchev–Trinajstić information content (AvgIpc) is 3.09. The van der Waals surface area contributed by atoms with E-state index in [1.807, 2.05) is 26.8 Å². The summed E-state index contributed by atoms with van der Waals surface area (Å²) in [6, 6.07) is 1.82. The molecule has 0 atom stereocenters. The van der Waals surface area contributed by atoms with E-state index in [-0.39, 0.29) is 12.6 Å². The van der Waals surface area contributed by atoms with Crippen LogP contribution in [0, 0.1) is 0 Å². The number of hydrogen-bond donors (Lipinski definition) is 2. The second-order valence-electron chi connectivity index (χ2n) is 6.91. The van der Waals surface area contributed by atoms with E-state index in [9.17, 15) is 9.59 Å². The van der Waals surface area contributed by atoms with Gasteiger partial charge in [-0.05, 0) is 32.4 Å². The van der Waals surface area contributed by atoms with Gasteiger partial charge in [0.25, 0.3) is 0 Å². The SMILES string of the molecule is CC(C)(C)OC(=O)NCc1cn2ncc(CN3CCNC3=O)cc2n1. The second-order valence-corrected chi connectivity index (χ2v) is 6.91. The van der Waals surface area contributed by atoms with Gasteiger partial charge in [0, 0.05) is 19.6 Å². The van der Waals surface area contributed by atoms with E-state index in [1.54, 1.807) is 21.8 Å². The molecule has 2 aromatic heterocycles. The van der Waals surface area contributed by atoms with Crippen LogP contribution in [0.1, 0.15) is 32.0 Å². The maximum atomic E-state index is 11.7. The van der Waals surface area contributed by atoms with E-state index in [0.29, 0.717) is 31.0 Å². The first-order chi connectivity index (χ1) is 11.8. The molecule has 9 nitrogen and oxygen atoms in total.